The van der Waals surface area contributed by atoms with Gasteiger partial charge in [0.05, 0.1) is 11.8 Å². The first kappa shape index (κ1) is 14.6. The number of hydrogen-bond acceptors (Lipinski definition) is 4. The molecule has 2 rings (SSSR count). The average molecular weight is 284 g/mol. The summed E-state index contributed by atoms with van der Waals surface area (Å²) in [6.07, 6.45) is 3.17. The molecule has 108 valence electrons. The average Bonchev–Trinajstić information content (AvgIpc) is 3.05. The van der Waals surface area contributed by atoms with Crippen molar-refractivity contribution in [1.29, 1.82) is 0 Å². The Kier molecular flexibility index (Phi) is 4.93. The Morgan fingerprint density at radius 2 is 2.19 bits per heavy atom. The highest BCUT2D eigenvalue weighted by Gasteiger charge is 2.11. The van der Waals surface area contributed by atoms with Crippen LogP contribution in [0.2, 0.25) is 0 Å². The molecule has 0 fully saturated rings. The highest BCUT2D eigenvalue weighted by Crippen LogP contribution is 2.17. The van der Waals surface area contributed by atoms with Crippen molar-refractivity contribution in [3.63, 3.8) is 0 Å². The van der Waals surface area contributed by atoms with Crippen molar-refractivity contribution in [1.82, 2.24) is 5.43 Å². The number of furan rings is 1. The van der Waals surface area contributed by atoms with Crippen LogP contribution < -0.4 is 10.2 Å². The van der Waals surface area contributed by atoms with Gasteiger partial charge in [-0.15, -0.1) is 0 Å². The molecule has 0 aliphatic rings. The number of carbonyl (C=O) groups excluding carboxylic acids is 1. The lowest BCUT2D eigenvalue weighted by atomic mass is 10.2. The van der Waals surface area contributed by atoms with Gasteiger partial charge in [-0.25, -0.2) is 5.43 Å². The molecular weight excluding hydrogens is 268 g/mol. The third-order valence-electron chi connectivity index (χ3n) is 2.69. The Morgan fingerprint density at radius 3 is 2.90 bits per heavy atom. The van der Waals surface area contributed by atoms with E-state index in [0.717, 1.165) is 0 Å². The Hall–Kier alpha value is -2.82. The van der Waals surface area contributed by atoms with Gasteiger partial charge >= 0.3 is 0 Å². The van der Waals surface area contributed by atoms with E-state index in [1.807, 2.05) is 0 Å². The van der Waals surface area contributed by atoms with E-state index in [1.54, 1.807) is 55.7 Å². The number of benzene rings is 1. The maximum atomic E-state index is 12.1. The molecule has 0 unspecified atom stereocenters. The second-order valence-corrected chi connectivity index (χ2v) is 4.21. The van der Waals surface area contributed by atoms with Crippen molar-refractivity contribution in [3.05, 3.63) is 66.6 Å². The van der Waals surface area contributed by atoms with Gasteiger partial charge in [-0.2, -0.15) is 5.10 Å². The fourth-order valence-electron chi connectivity index (χ4n) is 1.66. The first-order chi connectivity index (χ1) is 10.2. The fraction of sp³-hybridized carbons (Fsp3) is 0.125. The minimum absolute atomic E-state index is 0.332. The fourth-order valence-corrected chi connectivity index (χ4v) is 1.66. The summed E-state index contributed by atoms with van der Waals surface area (Å²) in [7, 11) is 0. The van der Waals surface area contributed by atoms with Crippen LogP contribution in [0.15, 0.2) is 64.8 Å². The Labute approximate surface area is 122 Å². The SMILES string of the molecule is C=CCOc1ccccc1C(=O)NN=C(C)c1ccco1. The molecule has 1 heterocycles. The topological polar surface area (TPSA) is 63.8 Å². The zero-order valence-corrected chi connectivity index (χ0v) is 11.7. The molecule has 1 aromatic carbocycles. The molecule has 0 saturated heterocycles. The summed E-state index contributed by atoms with van der Waals surface area (Å²) < 4.78 is 10.6. The first-order valence-electron chi connectivity index (χ1n) is 6.43. The molecule has 0 bridgehead atoms. The van der Waals surface area contributed by atoms with Gasteiger partial charge < -0.3 is 9.15 Å². The van der Waals surface area contributed by atoms with E-state index < -0.39 is 0 Å². The van der Waals surface area contributed by atoms with Crippen molar-refractivity contribution in [2.24, 2.45) is 5.10 Å². The number of hydrogen-bond donors (Lipinski definition) is 1. The molecule has 0 atom stereocenters. The number of amides is 1. The third-order valence-corrected chi connectivity index (χ3v) is 2.69. The van der Waals surface area contributed by atoms with Crippen molar-refractivity contribution in [2.45, 2.75) is 6.92 Å². The van der Waals surface area contributed by atoms with Crippen LogP contribution in [-0.4, -0.2) is 18.2 Å². The quantitative estimate of drug-likeness (QED) is 0.504. The number of para-hydroxylation sites is 1. The third kappa shape index (κ3) is 3.82. The highest BCUT2D eigenvalue weighted by atomic mass is 16.5. The van der Waals surface area contributed by atoms with Gasteiger partial charge in [0.25, 0.3) is 5.91 Å². The molecule has 2 aromatic rings. The number of nitrogens with zero attached hydrogens (tertiary/aromatic N) is 1. The number of carbonyl (C=O) groups is 1. The summed E-state index contributed by atoms with van der Waals surface area (Å²) in [5.41, 5.74) is 3.48. The minimum atomic E-state index is -0.347. The molecule has 0 spiro atoms. The van der Waals surface area contributed by atoms with Gasteiger partial charge in [0.2, 0.25) is 0 Å². The van der Waals surface area contributed by atoms with Crippen LogP contribution in [0.3, 0.4) is 0 Å². The maximum absolute atomic E-state index is 12.1. The minimum Gasteiger partial charge on any atom is -0.489 e. The lowest BCUT2D eigenvalue weighted by molar-refractivity contribution is 0.0951. The van der Waals surface area contributed by atoms with Crippen LogP contribution in [0.5, 0.6) is 5.75 Å². The summed E-state index contributed by atoms with van der Waals surface area (Å²) in [6.45, 7) is 5.66. The van der Waals surface area contributed by atoms with Gasteiger partial charge in [-0.1, -0.05) is 24.8 Å². The van der Waals surface area contributed by atoms with Gasteiger partial charge in [-0.05, 0) is 31.2 Å². The number of rotatable bonds is 6. The molecule has 0 saturated carbocycles. The molecule has 1 aromatic heterocycles. The predicted octanol–water partition coefficient (Wildman–Crippen LogP) is 3.00. The second kappa shape index (κ2) is 7.09. The van der Waals surface area contributed by atoms with Crippen LogP contribution >= 0.6 is 0 Å². The van der Waals surface area contributed by atoms with E-state index in [2.05, 4.69) is 17.1 Å². The normalized spacial score (nSPS) is 11.0. The van der Waals surface area contributed by atoms with Crippen LogP contribution in [0.4, 0.5) is 0 Å². The molecule has 1 N–H and O–H groups in total. The summed E-state index contributed by atoms with van der Waals surface area (Å²) in [5, 5.41) is 4.01. The van der Waals surface area contributed by atoms with Gasteiger partial charge in [0.15, 0.2) is 0 Å². The van der Waals surface area contributed by atoms with Gasteiger partial charge in [0, 0.05) is 0 Å². The lowest BCUT2D eigenvalue weighted by Gasteiger charge is -2.08. The van der Waals surface area contributed by atoms with E-state index in [0.29, 0.717) is 29.4 Å². The number of nitrogens with one attached hydrogen (secondary N) is 1. The van der Waals surface area contributed by atoms with Crippen molar-refractivity contribution >= 4 is 11.6 Å². The zero-order chi connectivity index (χ0) is 15.1. The summed E-state index contributed by atoms with van der Waals surface area (Å²) >= 11 is 0. The molecule has 1 amide bonds. The summed E-state index contributed by atoms with van der Waals surface area (Å²) in [4.78, 5) is 12.1. The van der Waals surface area contributed by atoms with E-state index in [-0.39, 0.29) is 5.91 Å². The highest BCUT2D eigenvalue weighted by molar-refractivity contribution is 6.00. The monoisotopic (exact) mass is 284 g/mol. The number of ether oxygens (including phenoxy) is 1. The van der Waals surface area contributed by atoms with Crippen LogP contribution in [0.1, 0.15) is 23.0 Å². The molecule has 5 heteroatoms. The van der Waals surface area contributed by atoms with Crippen LogP contribution in [0, 0.1) is 0 Å². The molecule has 0 aliphatic carbocycles. The predicted molar refractivity (Wildman–Crippen MR) is 80.5 cm³/mol. The lowest BCUT2D eigenvalue weighted by Crippen LogP contribution is -2.20. The van der Waals surface area contributed by atoms with Crippen LogP contribution in [0.25, 0.3) is 0 Å². The maximum Gasteiger partial charge on any atom is 0.275 e. The molecule has 21 heavy (non-hydrogen) atoms. The largest absolute Gasteiger partial charge is 0.489 e. The smallest absolute Gasteiger partial charge is 0.275 e. The van der Waals surface area contributed by atoms with Crippen LogP contribution in [-0.2, 0) is 0 Å². The Bertz CT molecular complexity index is 645. The van der Waals surface area contributed by atoms with E-state index in [1.165, 1.54) is 0 Å². The van der Waals surface area contributed by atoms with E-state index >= 15 is 0 Å². The first-order valence-corrected chi connectivity index (χ1v) is 6.43. The number of hydrazone groups is 1. The Morgan fingerprint density at radius 1 is 1.38 bits per heavy atom. The van der Waals surface area contributed by atoms with Crippen molar-refractivity contribution in [3.8, 4) is 5.75 Å². The molecule has 5 nitrogen and oxygen atoms in total. The van der Waals surface area contributed by atoms with E-state index in [4.69, 9.17) is 9.15 Å². The van der Waals surface area contributed by atoms with Crippen molar-refractivity contribution < 1.29 is 13.9 Å². The van der Waals surface area contributed by atoms with Crippen molar-refractivity contribution in [2.75, 3.05) is 6.61 Å². The van der Waals surface area contributed by atoms with Gasteiger partial charge in [0.1, 0.15) is 23.8 Å². The molecule has 0 radical (unpaired) electrons. The summed E-state index contributed by atoms with van der Waals surface area (Å²) in [5.74, 6) is 0.743. The Balaban J connectivity index is 2.10. The molecular formula is C16H16N2O3. The standard InChI is InChI=1S/C16H16N2O3/c1-3-10-20-15-8-5-4-7-13(15)16(19)18-17-12(2)14-9-6-11-21-14/h3-9,11H,1,10H2,2H3,(H,18,19). The second-order valence-electron chi connectivity index (χ2n) is 4.21. The van der Waals surface area contributed by atoms with Gasteiger partial charge in [-0.3, -0.25) is 4.79 Å². The van der Waals surface area contributed by atoms with E-state index in [9.17, 15) is 4.79 Å². The zero-order valence-electron chi connectivity index (χ0n) is 11.7. The molecule has 0 aliphatic heterocycles. The summed E-state index contributed by atoms with van der Waals surface area (Å²) in [6, 6.07) is 10.5.